The van der Waals surface area contributed by atoms with Gasteiger partial charge in [0, 0.05) is 44.3 Å². The van der Waals surface area contributed by atoms with E-state index in [4.69, 9.17) is 4.74 Å². The van der Waals surface area contributed by atoms with Gasteiger partial charge >= 0.3 is 0 Å². The lowest BCUT2D eigenvalue weighted by molar-refractivity contribution is 0.0655. The number of carbonyl (C=O) groups is 1. The third-order valence-electron chi connectivity index (χ3n) is 5.05. The van der Waals surface area contributed by atoms with Crippen LogP contribution in [0.1, 0.15) is 29.8 Å². The molecule has 2 saturated heterocycles. The van der Waals surface area contributed by atoms with Gasteiger partial charge in [-0.05, 0) is 31.0 Å². The molecule has 0 saturated carbocycles. The molecule has 0 radical (unpaired) electrons. The number of nitrogens with one attached hydrogen (secondary N) is 1. The molecule has 0 bridgehead atoms. The Balaban J connectivity index is 0.00000261. The molecule has 7 nitrogen and oxygen atoms in total. The van der Waals surface area contributed by atoms with Crippen molar-refractivity contribution in [1.29, 1.82) is 0 Å². The van der Waals surface area contributed by atoms with E-state index in [0.717, 1.165) is 18.7 Å². The van der Waals surface area contributed by atoms with Crippen molar-refractivity contribution in [2.24, 2.45) is 0 Å². The first-order valence-corrected chi connectivity index (χ1v) is 10.6. The minimum atomic E-state index is -3.63. The zero-order valence-corrected chi connectivity index (χ0v) is 17.4. The fourth-order valence-corrected chi connectivity index (χ4v) is 5.18. The summed E-state index contributed by atoms with van der Waals surface area (Å²) in [5, 5.41) is 3.26. The second-order valence-corrected chi connectivity index (χ2v) is 8.65. The predicted molar refractivity (Wildman–Crippen MR) is 106 cm³/mol. The third-order valence-corrected chi connectivity index (χ3v) is 7.03. The van der Waals surface area contributed by atoms with Crippen LogP contribution in [0.25, 0.3) is 0 Å². The summed E-state index contributed by atoms with van der Waals surface area (Å²) in [5.41, 5.74) is 1.17. The summed E-state index contributed by atoms with van der Waals surface area (Å²) in [4.78, 5) is 15.0. The number of rotatable bonds is 4. The van der Waals surface area contributed by atoms with Gasteiger partial charge in [0.15, 0.2) is 0 Å². The molecule has 1 aromatic rings. The second-order valence-electron chi connectivity index (χ2n) is 6.74. The highest BCUT2D eigenvalue weighted by Crippen LogP contribution is 2.24. The van der Waals surface area contributed by atoms with Crippen LogP contribution < -0.4 is 5.32 Å². The molecule has 0 aliphatic carbocycles. The topological polar surface area (TPSA) is 79.0 Å². The number of hydrogen-bond donors (Lipinski definition) is 1. The van der Waals surface area contributed by atoms with Crippen LogP contribution in [0.3, 0.4) is 0 Å². The van der Waals surface area contributed by atoms with Crippen molar-refractivity contribution < 1.29 is 17.9 Å². The van der Waals surface area contributed by atoms with Gasteiger partial charge in [0.1, 0.15) is 0 Å². The molecule has 2 fully saturated rings. The molecular weight excluding hydrogens is 390 g/mol. The Morgan fingerprint density at radius 3 is 2.59 bits per heavy atom. The summed E-state index contributed by atoms with van der Waals surface area (Å²) < 4.78 is 33.0. The number of benzene rings is 1. The van der Waals surface area contributed by atoms with E-state index in [1.54, 1.807) is 18.2 Å². The van der Waals surface area contributed by atoms with Gasteiger partial charge in [-0.3, -0.25) is 4.79 Å². The van der Waals surface area contributed by atoms with E-state index in [0.29, 0.717) is 44.8 Å². The van der Waals surface area contributed by atoms with E-state index in [1.165, 1.54) is 4.31 Å². The van der Waals surface area contributed by atoms with Gasteiger partial charge in [0.2, 0.25) is 10.0 Å². The fraction of sp³-hybridized carbons (Fsp3) is 0.611. The van der Waals surface area contributed by atoms with Crippen molar-refractivity contribution >= 4 is 28.3 Å². The first kappa shape index (κ1) is 22.1. The van der Waals surface area contributed by atoms with Gasteiger partial charge in [0.05, 0.1) is 18.1 Å². The smallest absolute Gasteiger partial charge is 0.254 e. The summed E-state index contributed by atoms with van der Waals surface area (Å²) in [7, 11) is -3.63. The SMILES string of the molecule is CCc1ccc(C(=O)N2CCNC[C@H]2C)cc1S(=O)(=O)N1CCOCC1.Cl. The molecule has 1 atom stereocenters. The Kier molecular flexibility index (Phi) is 7.64. The quantitative estimate of drug-likeness (QED) is 0.794. The van der Waals surface area contributed by atoms with Gasteiger partial charge in [-0.15, -0.1) is 12.4 Å². The molecule has 2 heterocycles. The zero-order valence-electron chi connectivity index (χ0n) is 15.8. The molecule has 2 aliphatic rings. The van der Waals surface area contributed by atoms with E-state index in [-0.39, 0.29) is 29.3 Å². The molecule has 0 aromatic heterocycles. The number of halogens is 1. The van der Waals surface area contributed by atoms with E-state index < -0.39 is 10.0 Å². The summed E-state index contributed by atoms with van der Waals surface area (Å²) in [6.07, 6.45) is 0.595. The van der Waals surface area contributed by atoms with Crippen LogP contribution >= 0.6 is 12.4 Å². The van der Waals surface area contributed by atoms with Crippen LogP contribution in [-0.2, 0) is 21.2 Å². The summed E-state index contributed by atoms with van der Waals surface area (Å²) in [6, 6.07) is 5.16. The van der Waals surface area contributed by atoms with E-state index in [2.05, 4.69) is 5.32 Å². The fourth-order valence-electron chi connectivity index (χ4n) is 3.45. The number of sulfonamides is 1. The maximum absolute atomic E-state index is 13.1. The summed E-state index contributed by atoms with van der Waals surface area (Å²) >= 11 is 0. The lowest BCUT2D eigenvalue weighted by Crippen LogP contribution is -2.52. The van der Waals surface area contributed by atoms with Crippen molar-refractivity contribution in [3.05, 3.63) is 29.3 Å². The van der Waals surface area contributed by atoms with Gasteiger partial charge in [0.25, 0.3) is 5.91 Å². The average molecular weight is 418 g/mol. The highest BCUT2D eigenvalue weighted by atomic mass is 35.5. The maximum Gasteiger partial charge on any atom is 0.254 e. The van der Waals surface area contributed by atoms with Crippen LogP contribution in [0.5, 0.6) is 0 Å². The van der Waals surface area contributed by atoms with Crippen molar-refractivity contribution in [1.82, 2.24) is 14.5 Å². The van der Waals surface area contributed by atoms with E-state index in [1.807, 2.05) is 18.7 Å². The largest absolute Gasteiger partial charge is 0.379 e. The Labute approximate surface area is 167 Å². The lowest BCUT2D eigenvalue weighted by atomic mass is 10.1. The zero-order chi connectivity index (χ0) is 18.7. The number of carbonyl (C=O) groups excluding carboxylic acids is 1. The highest BCUT2D eigenvalue weighted by Gasteiger charge is 2.30. The molecule has 3 rings (SSSR count). The minimum Gasteiger partial charge on any atom is -0.379 e. The molecule has 0 unspecified atom stereocenters. The molecule has 1 aromatic carbocycles. The molecule has 0 spiro atoms. The standard InChI is InChI=1S/C18H27N3O4S.ClH/c1-3-15-4-5-16(18(22)21-7-6-19-13-14(21)2)12-17(15)26(23,24)20-8-10-25-11-9-20;/h4-5,12,14,19H,3,6-11,13H2,1-2H3;1H/t14-;/m1./s1. The number of hydrogen-bond acceptors (Lipinski definition) is 5. The summed E-state index contributed by atoms with van der Waals surface area (Å²) in [5.74, 6) is -0.111. The van der Waals surface area contributed by atoms with Crippen molar-refractivity contribution in [2.75, 3.05) is 45.9 Å². The lowest BCUT2D eigenvalue weighted by Gasteiger charge is -2.34. The van der Waals surface area contributed by atoms with Crippen molar-refractivity contribution in [2.45, 2.75) is 31.2 Å². The Morgan fingerprint density at radius 2 is 1.96 bits per heavy atom. The number of amides is 1. The molecule has 9 heteroatoms. The van der Waals surface area contributed by atoms with Gasteiger partial charge in [-0.1, -0.05) is 13.0 Å². The minimum absolute atomic E-state index is 0. The van der Waals surface area contributed by atoms with E-state index in [9.17, 15) is 13.2 Å². The van der Waals surface area contributed by atoms with Crippen LogP contribution in [-0.4, -0.2) is 75.5 Å². The Hall–Kier alpha value is -1.19. The van der Waals surface area contributed by atoms with Gasteiger partial charge in [-0.25, -0.2) is 8.42 Å². The first-order chi connectivity index (χ1) is 12.4. The van der Waals surface area contributed by atoms with Gasteiger partial charge < -0.3 is 15.0 Å². The predicted octanol–water partition coefficient (Wildman–Crippen LogP) is 1.13. The normalized spacial score (nSPS) is 21.6. The molecular formula is C18H28ClN3O4S. The van der Waals surface area contributed by atoms with Gasteiger partial charge in [-0.2, -0.15) is 4.31 Å². The van der Waals surface area contributed by atoms with Crippen molar-refractivity contribution in [3.8, 4) is 0 Å². The number of morpholine rings is 1. The van der Waals surface area contributed by atoms with Crippen LogP contribution in [0.2, 0.25) is 0 Å². The van der Waals surface area contributed by atoms with Crippen molar-refractivity contribution in [3.63, 3.8) is 0 Å². The monoisotopic (exact) mass is 417 g/mol. The average Bonchev–Trinajstić information content (AvgIpc) is 2.68. The second kappa shape index (κ2) is 9.34. The molecule has 1 amide bonds. The molecule has 27 heavy (non-hydrogen) atoms. The number of ether oxygens (including phenoxy) is 1. The van der Waals surface area contributed by atoms with Crippen LogP contribution in [0, 0.1) is 0 Å². The molecule has 2 aliphatic heterocycles. The van der Waals surface area contributed by atoms with Crippen LogP contribution in [0.15, 0.2) is 23.1 Å². The Morgan fingerprint density at radius 1 is 1.26 bits per heavy atom. The number of aryl methyl sites for hydroxylation is 1. The molecule has 152 valence electrons. The Bertz CT molecular complexity index is 766. The molecule has 1 N–H and O–H groups in total. The van der Waals surface area contributed by atoms with E-state index >= 15 is 0 Å². The number of piperazine rings is 1. The first-order valence-electron chi connectivity index (χ1n) is 9.17. The highest BCUT2D eigenvalue weighted by molar-refractivity contribution is 7.89. The third kappa shape index (κ3) is 4.63. The summed E-state index contributed by atoms with van der Waals surface area (Å²) in [6.45, 7) is 7.54. The maximum atomic E-state index is 13.1. The van der Waals surface area contributed by atoms with Crippen LogP contribution in [0.4, 0.5) is 0 Å². The number of nitrogens with zero attached hydrogens (tertiary/aromatic N) is 2.